The first-order valence-electron chi connectivity index (χ1n) is 9.43. The summed E-state index contributed by atoms with van der Waals surface area (Å²) >= 11 is 0. The highest BCUT2D eigenvalue weighted by Crippen LogP contribution is 2.33. The van der Waals surface area contributed by atoms with Gasteiger partial charge in [-0.3, -0.25) is 9.67 Å². The number of aromatic nitrogens is 2. The van der Waals surface area contributed by atoms with Crippen molar-refractivity contribution in [3.63, 3.8) is 0 Å². The number of ether oxygens (including phenoxy) is 1. The highest BCUT2D eigenvalue weighted by Gasteiger charge is 2.35. The Hall–Kier alpha value is -0.830. The molecule has 3 atom stereocenters. The van der Waals surface area contributed by atoms with Crippen LogP contribution in [0.1, 0.15) is 40.5 Å². The summed E-state index contributed by atoms with van der Waals surface area (Å²) in [4.78, 5) is 4.36. The predicted octanol–water partition coefficient (Wildman–Crippen LogP) is 3.14. The second-order valence-corrected chi connectivity index (χ2v) is 8.23. The van der Waals surface area contributed by atoms with Gasteiger partial charge in [0, 0.05) is 51.6 Å². The number of nitrogens with one attached hydrogen (secondary N) is 2. The third kappa shape index (κ3) is 7.42. The topological polar surface area (TPSA) is 63.5 Å². The summed E-state index contributed by atoms with van der Waals surface area (Å²) in [6, 6.07) is 1.96. The number of guanidine groups is 1. The van der Waals surface area contributed by atoms with Crippen LogP contribution in [0.25, 0.3) is 0 Å². The van der Waals surface area contributed by atoms with E-state index in [0.717, 1.165) is 38.6 Å². The lowest BCUT2D eigenvalue weighted by Gasteiger charge is -2.40. The Kier molecular flexibility index (Phi) is 9.92. The van der Waals surface area contributed by atoms with Gasteiger partial charge >= 0.3 is 0 Å². The molecule has 0 saturated carbocycles. The zero-order valence-corrected chi connectivity index (χ0v) is 19.2. The molecule has 7 heteroatoms. The molecule has 1 aliphatic rings. The molecule has 1 aliphatic heterocycles. The Labute approximate surface area is 175 Å². The highest BCUT2D eigenvalue weighted by atomic mass is 127. The highest BCUT2D eigenvalue weighted by molar-refractivity contribution is 14.0. The minimum absolute atomic E-state index is 0. The number of aliphatic imine (C=N–C) groups is 1. The third-order valence-corrected chi connectivity index (χ3v) is 4.73. The minimum Gasteiger partial charge on any atom is -0.377 e. The average molecular weight is 477 g/mol. The lowest BCUT2D eigenvalue weighted by atomic mass is 9.78. The van der Waals surface area contributed by atoms with Crippen LogP contribution in [0.5, 0.6) is 0 Å². The van der Waals surface area contributed by atoms with Gasteiger partial charge in [0.1, 0.15) is 0 Å². The smallest absolute Gasteiger partial charge is 0.190 e. The van der Waals surface area contributed by atoms with Crippen LogP contribution in [-0.2, 0) is 11.3 Å². The number of halogens is 1. The molecule has 1 aromatic rings. The second-order valence-electron chi connectivity index (χ2n) is 8.23. The lowest BCUT2D eigenvalue weighted by Crippen LogP contribution is -2.48. The summed E-state index contributed by atoms with van der Waals surface area (Å²) in [5.74, 6) is 1.86. The van der Waals surface area contributed by atoms with Crippen molar-refractivity contribution in [3.8, 4) is 0 Å². The molecule has 0 aromatic carbocycles. The van der Waals surface area contributed by atoms with Crippen molar-refractivity contribution in [2.24, 2.45) is 22.2 Å². The summed E-state index contributed by atoms with van der Waals surface area (Å²) in [7, 11) is 1.83. The monoisotopic (exact) mass is 477 g/mol. The lowest BCUT2D eigenvalue weighted by molar-refractivity contribution is -0.0835. The van der Waals surface area contributed by atoms with E-state index in [4.69, 9.17) is 4.74 Å². The van der Waals surface area contributed by atoms with Gasteiger partial charge in [-0.15, -0.1) is 24.0 Å². The Morgan fingerprint density at radius 3 is 2.77 bits per heavy atom. The van der Waals surface area contributed by atoms with Crippen molar-refractivity contribution >= 4 is 29.9 Å². The summed E-state index contributed by atoms with van der Waals surface area (Å²) in [6.45, 7) is 12.6. The van der Waals surface area contributed by atoms with E-state index in [0.29, 0.717) is 17.9 Å². The van der Waals surface area contributed by atoms with Gasteiger partial charge in [0.15, 0.2) is 5.96 Å². The minimum atomic E-state index is 0. The van der Waals surface area contributed by atoms with Gasteiger partial charge in [0.2, 0.25) is 0 Å². The largest absolute Gasteiger partial charge is 0.377 e. The molecule has 0 radical (unpaired) electrons. The second kappa shape index (κ2) is 11.1. The van der Waals surface area contributed by atoms with E-state index in [2.05, 4.69) is 48.4 Å². The fourth-order valence-electron chi connectivity index (χ4n) is 3.52. The maximum Gasteiger partial charge on any atom is 0.190 e. The standard InChI is InChI=1S/C19H35N5O.HI/c1-15(14-24-10-7-9-23-24)12-21-18(20-5)22-13-16-8-6-11-25-17(16)19(2,3)4;/h7,9-10,15-17H,6,8,11-14H2,1-5H3,(H2,20,21,22);1H. The van der Waals surface area contributed by atoms with Crippen LogP contribution in [0, 0.1) is 17.3 Å². The van der Waals surface area contributed by atoms with Crippen molar-refractivity contribution in [1.29, 1.82) is 0 Å². The van der Waals surface area contributed by atoms with E-state index in [1.54, 1.807) is 0 Å². The van der Waals surface area contributed by atoms with Crippen LogP contribution < -0.4 is 10.6 Å². The predicted molar refractivity (Wildman–Crippen MR) is 118 cm³/mol. The zero-order valence-electron chi connectivity index (χ0n) is 16.9. The summed E-state index contributed by atoms with van der Waals surface area (Å²) in [5, 5.41) is 11.2. The number of rotatable bonds is 6. The summed E-state index contributed by atoms with van der Waals surface area (Å²) in [6.07, 6.45) is 6.47. The molecule has 2 N–H and O–H groups in total. The zero-order chi connectivity index (χ0) is 18.3. The summed E-state index contributed by atoms with van der Waals surface area (Å²) < 4.78 is 8.04. The molecule has 6 nitrogen and oxygen atoms in total. The van der Waals surface area contributed by atoms with Crippen LogP contribution in [0.2, 0.25) is 0 Å². The number of hydrogen-bond donors (Lipinski definition) is 2. The van der Waals surface area contributed by atoms with Crippen LogP contribution in [0.4, 0.5) is 0 Å². The fraction of sp³-hybridized carbons (Fsp3) is 0.789. The maximum atomic E-state index is 6.07. The molecular weight excluding hydrogens is 441 g/mol. The van der Waals surface area contributed by atoms with Gasteiger partial charge in [-0.1, -0.05) is 27.7 Å². The van der Waals surface area contributed by atoms with E-state index in [9.17, 15) is 0 Å². The van der Waals surface area contributed by atoms with E-state index in [-0.39, 0.29) is 29.4 Å². The Balaban J connectivity index is 0.00000338. The molecule has 0 aliphatic carbocycles. The molecular formula is C19H36IN5O. The van der Waals surface area contributed by atoms with Gasteiger partial charge in [0.25, 0.3) is 0 Å². The van der Waals surface area contributed by atoms with Crippen molar-refractivity contribution < 1.29 is 4.74 Å². The maximum absolute atomic E-state index is 6.07. The van der Waals surface area contributed by atoms with Crippen molar-refractivity contribution in [3.05, 3.63) is 18.5 Å². The Morgan fingerprint density at radius 1 is 1.38 bits per heavy atom. The quantitative estimate of drug-likeness (QED) is 0.376. The van der Waals surface area contributed by atoms with Gasteiger partial charge in [0.05, 0.1) is 6.10 Å². The van der Waals surface area contributed by atoms with Gasteiger partial charge < -0.3 is 15.4 Å². The Bertz CT molecular complexity index is 527. The van der Waals surface area contributed by atoms with Crippen LogP contribution in [0.15, 0.2) is 23.5 Å². The van der Waals surface area contributed by atoms with Crippen LogP contribution in [0.3, 0.4) is 0 Å². The molecule has 0 bridgehead atoms. The third-order valence-electron chi connectivity index (χ3n) is 4.73. The van der Waals surface area contributed by atoms with E-state index < -0.39 is 0 Å². The van der Waals surface area contributed by atoms with Gasteiger partial charge in [-0.25, -0.2) is 0 Å². The van der Waals surface area contributed by atoms with Crippen molar-refractivity contribution in [2.75, 3.05) is 26.7 Å². The molecule has 1 saturated heterocycles. The molecule has 0 spiro atoms. The normalized spacial score (nSPS) is 22.4. The first-order chi connectivity index (χ1) is 11.9. The van der Waals surface area contributed by atoms with Crippen molar-refractivity contribution in [2.45, 2.75) is 53.2 Å². The molecule has 150 valence electrons. The van der Waals surface area contributed by atoms with E-state index in [1.165, 1.54) is 6.42 Å². The van der Waals surface area contributed by atoms with Gasteiger partial charge in [-0.2, -0.15) is 5.10 Å². The molecule has 1 aromatic heterocycles. The van der Waals surface area contributed by atoms with Crippen molar-refractivity contribution in [1.82, 2.24) is 20.4 Å². The van der Waals surface area contributed by atoms with Gasteiger partial charge in [-0.05, 0) is 30.2 Å². The Morgan fingerprint density at radius 2 is 2.15 bits per heavy atom. The van der Waals surface area contributed by atoms with Crippen LogP contribution in [-0.4, -0.2) is 48.6 Å². The first kappa shape index (κ1) is 23.2. The molecule has 2 heterocycles. The molecule has 0 amide bonds. The fourth-order valence-corrected chi connectivity index (χ4v) is 3.52. The number of nitrogens with zero attached hydrogens (tertiary/aromatic N) is 3. The molecule has 26 heavy (non-hydrogen) atoms. The molecule has 2 rings (SSSR count). The van der Waals surface area contributed by atoms with E-state index >= 15 is 0 Å². The SMILES string of the molecule is CN=C(NCC(C)Cn1cccn1)NCC1CCCOC1C(C)(C)C.I. The summed E-state index contributed by atoms with van der Waals surface area (Å²) in [5.41, 5.74) is 0.169. The first-order valence-corrected chi connectivity index (χ1v) is 9.43. The van der Waals surface area contributed by atoms with Crippen LogP contribution >= 0.6 is 24.0 Å². The average Bonchev–Trinajstić information content (AvgIpc) is 3.07. The molecule has 3 unspecified atom stereocenters. The number of hydrogen-bond acceptors (Lipinski definition) is 3. The van der Waals surface area contributed by atoms with E-state index in [1.807, 2.05) is 30.2 Å². The molecule has 1 fully saturated rings.